The van der Waals surface area contributed by atoms with Crippen LogP contribution in [0, 0.1) is 0 Å². The zero-order valence-electron chi connectivity index (χ0n) is 20.2. The minimum atomic E-state index is -0.978. The molecule has 8 nitrogen and oxygen atoms in total. The molecule has 1 fully saturated rings. The van der Waals surface area contributed by atoms with Crippen LogP contribution in [-0.2, 0) is 9.59 Å². The Balaban J connectivity index is 1.92. The number of phenols is 1. The number of anilines is 1. The lowest BCUT2D eigenvalue weighted by molar-refractivity contribution is -0.132. The minimum absolute atomic E-state index is 0.0774. The van der Waals surface area contributed by atoms with Crippen molar-refractivity contribution in [2.75, 3.05) is 25.2 Å². The zero-order valence-corrected chi connectivity index (χ0v) is 20.2. The Kier molecular flexibility index (Phi) is 7.15. The molecule has 1 amide bonds. The van der Waals surface area contributed by atoms with Crippen molar-refractivity contribution in [3.8, 4) is 23.0 Å². The molecule has 0 radical (unpaired) electrons. The Morgan fingerprint density at radius 2 is 1.64 bits per heavy atom. The van der Waals surface area contributed by atoms with Crippen molar-refractivity contribution in [3.63, 3.8) is 0 Å². The number of Topliss-reactive ketones (excluding diaryl/α,β-unsaturated/α-hetero) is 1. The summed E-state index contributed by atoms with van der Waals surface area (Å²) in [5.41, 5.74) is 1.16. The molecule has 0 aromatic heterocycles. The molecular formula is C28H27NO7. The van der Waals surface area contributed by atoms with E-state index in [0.717, 1.165) is 0 Å². The first-order chi connectivity index (χ1) is 17.4. The van der Waals surface area contributed by atoms with E-state index < -0.39 is 17.7 Å². The molecule has 186 valence electrons. The summed E-state index contributed by atoms with van der Waals surface area (Å²) < 4.78 is 16.3. The van der Waals surface area contributed by atoms with Crippen LogP contribution in [-0.4, -0.2) is 42.2 Å². The summed E-state index contributed by atoms with van der Waals surface area (Å²) in [6, 6.07) is 17.0. The molecule has 1 saturated heterocycles. The topological polar surface area (TPSA) is 106 Å². The van der Waals surface area contributed by atoms with Gasteiger partial charge in [-0.1, -0.05) is 18.2 Å². The van der Waals surface area contributed by atoms with Gasteiger partial charge in [0, 0.05) is 11.3 Å². The zero-order chi connectivity index (χ0) is 25.8. The fourth-order valence-corrected chi connectivity index (χ4v) is 4.18. The van der Waals surface area contributed by atoms with Crippen LogP contribution < -0.4 is 19.1 Å². The van der Waals surface area contributed by atoms with Gasteiger partial charge >= 0.3 is 0 Å². The molecule has 1 unspecified atom stereocenters. The number of methoxy groups -OCH3 is 1. The van der Waals surface area contributed by atoms with Crippen LogP contribution in [0.25, 0.3) is 5.76 Å². The van der Waals surface area contributed by atoms with E-state index >= 15 is 0 Å². The van der Waals surface area contributed by atoms with Crippen LogP contribution in [0.5, 0.6) is 23.0 Å². The third-order valence-electron chi connectivity index (χ3n) is 5.81. The number of aliphatic hydroxyl groups is 1. The van der Waals surface area contributed by atoms with Gasteiger partial charge < -0.3 is 24.4 Å². The Morgan fingerprint density at radius 3 is 2.31 bits per heavy atom. The Bertz CT molecular complexity index is 1310. The Labute approximate surface area is 209 Å². The maximum Gasteiger partial charge on any atom is 0.300 e. The molecule has 1 aliphatic rings. The number of aliphatic hydroxyl groups excluding tert-OH is 1. The third kappa shape index (κ3) is 4.57. The molecule has 4 rings (SSSR count). The second-order valence-electron chi connectivity index (χ2n) is 7.99. The van der Waals surface area contributed by atoms with Crippen LogP contribution in [0.1, 0.15) is 31.0 Å². The van der Waals surface area contributed by atoms with E-state index in [4.69, 9.17) is 14.2 Å². The van der Waals surface area contributed by atoms with Gasteiger partial charge in [-0.3, -0.25) is 14.5 Å². The standard InChI is InChI=1S/C28H27NO7/c1-4-35-20-12-10-19(11-13-20)29-25(17-9-14-22(30)23(16-17)36-5-2)24(27(32)28(29)33)26(31)18-7-6-8-21(15-18)34-3/h6-16,25,30-31H,4-5H2,1-3H3/b26-24-. The van der Waals surface area contributed by atoms with Gasteiger partial charge in [0.2, 0.25) is 0 Å². The quantitative estimate of drug-likeness (QED) is 0.265. The van der Waals surface area contributed by atoms with Gasteiger partial charge in [-0.05, 0) is 67.9 Å². The van der Waals surface area contributed by atoms with E-state index in [9.17, 15) is 19.8 Å². The molecule has 8 heteroatoms. The number of ether oxygens (including phenoxy) is 3. The number of aromatic hydroxyl groups is 1. The molecule has 1 atom stereocenters. The summed E-state index contributed by atoms with van der Waals surface area (Å²) in [5, 5.41) is 21.5. The lowest BCUT2D eigenvalue weighted by atomic mass is 9.94. The van der Waals surface area contributed by atoms with Gasteiger partial charge in [-0.15, -0.1) is 0 Å². The number of benzene rings is 3. The second-order valence-corrected chi connectivity index (χ2v) is 7.99. The van der Waals surface area contributed by atoms with Gasteiger partial charge in [-0.25, -0.2) is 0 Å². The van der Waals surface area contributed by atoms with Crippen LogP contribution in [0.15, 0.2) is 72.3 Å². The number of carbonyl (C=O) groups excluding carboxylic acids is 2. The predicted molar refractivity (Wildman–Crippen MR) is 135 cm³/mol. The normalized spacial score (nSPS) is 16.8. The number of phenolic OH excluding ortho intramolecular Hbond substituents is 1. The molecule has 1 heterocycles. The van der Waals surface area contributed by atoms with Gasteiger partial charge in [0.15, 0.2) is 11.5 Å². The second kappa shape index (κ2) is 10.4. The Morgan fingerprint density at radius 1 is 0.917 bits per heavy atom. The van der Waals surface area contributed by atoms with Crippen molar-refractivity contribution in [1.82, 2.24) is 0 Å². The van der Waals surface area contributed by atoms with E-state index in [1.165, 1.54) is 18.1 Å². The monoisotopic (exact) mass is 489 g/mol. The summed E-state index contributed by atoms with van der Waals surface area (Å²) in [5.74, 6) is -0.731. The van der Waals surface area contributed by atoms with Crippen LogP contribution in [0.3, 0.4) is 0 Å². The SMILES string of the molecule is CCOc1ccc(N2C(=O)C(=O)/C(=C(\O)c3cccc(OC)c3)C2c2ccc(O)c(OCC)c2)cc1. The number of hydrogen-bond acceptors (Lipinski definition) is 7. The number of nitrogens with zero attached hydrogens (tertiary/aromatic N) is 1. The summed E-state index contributed by atoms with van der Waals surface area (Å²) >= 11 is 0. The molecule has 1 aliphatic heterocycles. The summed E-state index contributed by atoms with van der Waals surface area (Å²) in [4.78, 5) is 28.0. The number of rotatable bonds is 8. The highest BCUT2D eigenvalue weighted by Gasteiger charge is 2.47. The van der Waals surface area contributed by atoms with E-state index in [2.05, 4.69) is 0 Å². The van der Waals surface area contributed by atoms with Crippen molar-refractivity contribution in [2.45, 2.75) is 19.9 Å². The summed E-state index contributed by atoms with van der Waals surface area (Å²) in [7, 11) is 1.50. The fraction of sp³-hybridized carbons (Fsp3) is 0.214. The number of ketones is 1. The maximum absolute atomic E-state index is 13.3. The maximum atomic E-state index is 13.3. The van der Waals surface area contributed by atoms with Gasteiger partial charge in [0.1, 0.15) is 17.3 Å². The van der Waals surface area contributed by atoms with E-state index in [0.29, 0.717) is 41.5 Å². The molecule has 3 aromatic rings. The highest BCUT2D eigenvalue weighted by molar-refractivity contribution is 6.51. The lowest BCUT2D eigenvalue weighted by Gasteiger charge is -2.26. The molecular weight excluding hydrogens is 462 g/mol. The fourth-order valence-electron chi connectivity index (χ4n) is 4.18. The molecule has 0 aliphatic carbocycles. The van der Waals surface area contributed by atoms with E-state index in [1.54, 1.807) is 67.6 Å². The first-order valence-electron chi connectivity index (χ1n) is 11.5. The summed E-state index contributed by atoms with van der Waals surface area (Å²) in [6.45, 7) is 4.44. The van der Waals surface area contributed by atoms with Crippen molar-refractivity contribution in [3.05, 3.63) is 83.4 Å². The molecule has 36 heavy (non-hydrogen) atoms. The van der Waals surface area contributed by atoms with E-state index in [-0.39, 0.29) is 22.8 Å². The average Bonchev–Trinajstić information content (AvgIpc) is 3.16. The number of carbonyl (C=O) groups is 2. The number of hydrogen-bond donors (Lipinski definition) is 2. The molecule has 3 aromatic carbocycles. The first kappa shape index (κ1) is 24.7. The third-order valence-corrected chi connectivity index (χ3v) is 5.81. The molecule has 0 bridgehead atoms. The smallest absolute Gasteiger partial charge is 0.300 e. The summed E-state index contributed by atoms with van der Waals surface area (Å²) in [6.07, 6.45) is 0. The van der Waals surface area contributed by atoms with Crippen LogP contribution in [0.4, 0.5) is 5.69 Å². The van der Waals surface area contributed by atoms with Crippen molar-refractivity contribution >= 4 is 23.1 Å². The molecule has 0 saturated carbocycles. The highest BCUT2D eigenvalue weighted by Crippen LogP contribution is 2.44. The predicted octanol–water partition coefficient (Wildman–Crippen LogP) is 4.82. The van der Waals surface area contributed by atoms with Crippen molar-refractivity contribution < 1.29 is 34.0 Å². The van der Waals surface area contributed by atoms with Crippen molar-refractivity contribution in [1.29, 1.82) is 0 Å². The molecule has 0 spiro atoms. The van der Waals surface area contributed by atoms with Crippen LogP contribution >= 0.6 is 0 Å². The van der Waals surface area contributed by atoms with Crippen LogP contribution in [0.2, 0.25) is 0 Å². The Hall–Kier alpha value is -4.46. The highest BCUT2D eigenvalue weighted by atomic mass is 16.5. The van der Waals surface area contributed by atoms with E-state index in [1.807, 2.05) is 6.92 Å². The first-order valence-corrected chi connectivity index (χ1v) is 11.5. The minimum Gasteiger partial charge on any atom is -0.507 e. The lowest BCUT2D eigenvalue weighted by Crippen LogP contribution is -2.29. The van der Waals surface area contributed by atoms with Gasteiger partial charge in [0.05, 0.1) is 31.9 Å². The van der Waals surface area contributed by atoms with Crippen molar-refractivity contribution in [2.24, 2.45) is 0 Å². The largest absolute Gasteiger partial charge is 0.507 e. The van der Waals surface area contributed by atoms with Gasteiger partial charge in [0.25, 0.3) is 11.7 Å². The average molecular weight is 490 g/mol. The van der Waals surface area contributed by atoms with Gasteiger partial charge in [-0.2, -0.15) is 0 Å². The molecule has 2 N–H and O–H groups in total. The number of amides is 1.